The largest absolute Gasteiger partial charge is 0.354 e. The van der Waals surface area contributed by atoms with Crippen molar-refractivity contribution < 1.29 is 9.59 Å². The van der Waals surface area contributed by atoms with Gasteiger partial charge in [-0.15, -0.1) is 0 Å². The first-order chi connectivity index (χ1) is 10.1. The molecular formula is C15H18N4O2. The number of piperidine rings is 1. The van der Waals surface area contributed by atoms with Crippen molar-refractivity contribution in [1.29, 1.82) is 0 Å². The molecule has 1 saturated heterocycles. The van der Waals surface area contributed by atoms with Gasteiger partial charge in [0.2, 0.25) is 11.8 Å². The second-order valence-electron chi connectivity index (χ2n) is 5.36. The van der Waals surface area contributed by atoms with Gasteiger partial charge in [-0.3, -0.25) is 9.59 Å². The van der Waals surface area contributed by atoms with Crippen LogP contribution in [0.15, 0.2) is 30.6 Å². The topological polar surface area (TPSA) is 76.0 Å². The Labute approximate surface area is 122 Å². The van der Waals surface area contributed by atoms with Gasteiger partial charge >= 0.3 is 0 Å². The minimum atomic E-state index is -0.338. The number of hydrogen-bond donors (Lipinski definition) is 2. The van der Waals surface area contributed by atoms with Crippen molar-refractivity contribution in [1.82, 2.24) is 20.2 Å². The fourth-order valence-electron chi connectivity index (χ4n) is 2.59. The third-order valence-electron chi connectivity index (χ3n) is 3.89. The molecule has 0 spiro atoms. The molecule has 2 unspecified atom stereocenters. The number of benzene rings is 1. The van der Waals surface area contributed by atoms with Crippen molar-refractivity contribution in [2.75, 3.05) is 6.54 Å². The molecule has 110 valence electrons. The van der Waals surface area contributed by atoms with Gasteiger partial charge in [0.05, 0.1) is 17.4 Å². The van der Waals surface area contributed by atoms with E-state index < -0.39 is 0 Å². The predicted molar refractivity (Wildman–Crippen MR) is 78.6 cm³/mol. The normalized spacial score (nSPS) is 20.0. The lowest BCUT2D eigenvalue weighted by molar-refractivity contribution is -0.127. The van der Waals surface area contributed by atoms with Gasteiger partial charge in [0.25, 0.3) is 0 Å². The SMILES string of the molecule is CC(C(=O)NC1CCC(=O)NC1)n1cnc2ccccc21. The van der Waals surface area contributed by atoms with E-state index in [0.29, 0.717) is 19.4 Å². The standard InChI is InChI=1S/C15H18N4O2/c1-10(15(21)18-11-6-7-14(20)16-8-11)19-9-17-12-4-2-3-5-13(12)19/h2-5,9-11H,6-8H2,1H3,(H,16,20)(H,18,21). The van der Waals surface area contributed by atoms with Crippen LogP contribution in [-0.4, -0.2) is 34.0 Å². The molecule has 2 atom stereocenters. The summed E-state index contributed by atoms with van der Waals surface area (Å²) in [4.78, 5) is 27.8. The summed E-state index contributed by atoms with van der Waals surface area (Å²) >= 11 is 0. The van der Waals surface area contributed by atoms with Gasteiger partial charge in [-0.1, -0.05) is 12.1 Å². The average molecular weight is 286 g/mol. The molecule has 2 amide bonds. The van der Waals surface area contributed by atoms with E-state index >= 15 is 0 Å². The van der Waals surface area contributed by atoms with Crippen LogP contribution in [0.25, 0.3) is 11.0 Å². The van der Waals surface area contributed by atoms with E-state index in [2.05, 4.69) is 15.6 Å². The van der Waals surface area contributed by atoms with Crippen molar-refractivity contribution in [3.05, 3.63) is 30.6 Å². The first-order valence-corrected chi connectivity index (χ1v) is 7.14. The van der Waals surface area contributed by atoms with Crippen molar-refractivity contribution in [3.63, 3.8) is 0 Å². The van der Waals surface area contributed by atoms with Crippen LogP contribution in [0.1, 0.15) is 25.8 Å². The van der Waals surface area contributed by atoms with Crippen LogP contribution in [0.5, 0.6) is 0 Å². The zero-order valence-electron chi connectivity index (χ0n) is 11.9. The van der Waals surface area contributed by atoms with Crippen LogP contribution in [-0.2, 0) is 9.59 Å². The number of aromatic nitrogens is 2. The first kappa shape index (κ1) is 13.6. The summed E-state index contributed by atoms with van der Waals surface area (Å²) < 4.78 is 1.87. The second-order valence-corrected chi connectivity index (χ2v) is 5.36. The highest BCUT2D eigenvalue weighted by atomic mass is 16.2. The second kappa shape index (κ2) is 5.55. The van der Waals surface area contributed by atoms with E-state index in [9.17, 15) is 9.59 Å². The molecular weight excluding hydrogens is 268 g/mol. The fraction of sp³-hybridized carbons (Fsp3) is 0.400. The highest BCUT2D eigenvalue weighted by Crippen LogP contribution is 2.17. The van der Waals surface area contributed by atoms with Gasteiger partial charge in [0, 0.05) is 19.0 Å². The highest BCUT2D eigenvalue weighted by molar-refractivity contribution is 5.84. The highest BCUT2D eigenvalue weighted by Gasteiger charge is 2.23. The quantitative estimate of drug-likeness (QED) is 0.883. The van der Waals surface area contributed by atoms with Gasteiger partial charge in [0.15, 0.2) is 0 Å². The summed E-state index contributed by atoms with van der Waals surface area (Å²) in [5, 5.41) is 5.76. The molecule has 0 aliphatic carbocycles. The summed E-state index contributed by atoms with van der Waals surface area (Å²) in [6.07, 6.45) is 2.85. The minimum Gasteiger partial charge on any atom is -0.354 e. The number of imidazole rings is 1. The van der Waals surface area contributed by atoms with Crippen molar-refractivity contribution in [2.24, 2.45) is 0 Å². The summed E-state index contributed by atoms with van der Waals surface area (Å²) in [7, 11) is 0. The van der Waals surface area contributed by atoms with Crippen LogP contribution in [0.2, 0.25) is 0 Å². The monoisotopic (exact) mass is 286 g/mol. The Morgan fingerprint density at radius 3 is 3.05 bits per heavy atom. The lowest BCUT2D eigenvalue weighted by atomic mass is 10.1. The van der Waals surface area contributed by atoms with Gasteiger partial charge in [-0.25, -0.2) is 4.98 Å². The summed E-state index contributed by atoms with van der Waals surface area (Å²) in [5.41, 5.74) is 1.82. The minimum absolute atomic E-state index is 0.00688. The molecule has 0 bridgehead atoms. The molecule has 6 nitrogen and oxygen atoms in total. The number of hydrogen-bond acceptors (Lipinski definition) is 3. The molecule has 21 heavy (non-hydrogen) atoms. The Balaban J connectivity index is 1.71. The Morgan fingerprint density at radius 2 is 2.29 bits per heavy atom. The number of amides is 2. The van der Waals surface area contributed by atoms with E-state index in [0.717, 1.165) is 11.0 Å². The fourth-order valence-corrected chi connectivity index (χ4v) is 2.59. The zero-order valence-corrected chi connectivity index (χ0v) is 11.9. The van der Waals surface area contributed by atoms with E-state index in [1.807, 2.05) is 35.8 Å². The summed E-state index contributed by atoms with van der Waals surface area (Å²) in [5.74, 6) is -0.00606. The first-order valence-electron chi connectivity index (χ1n) is 7.14. The third-order valence-corrected chi connectivity index (χ3v) is 3.89. The zero-order chi connectivity index (χ0) is 14.8. The van der Waals surface area contributed by atoms with Crippen LogP contribution in [0.3, 0.4) is 0 Å². The smallest absolute Gasteiger partial charge is 0.243 e. The number of nitrogens with zero attached hydrogens (tertiary/aromatic N) is 2. The van der Waals surface area contributed by atoms with Gasteiger partial charge in [0.1, 0.15) is 6.04 Å². The molecule has 1 aliphatic heterocycles. The molecule has 2 aromatic rings. The number of nitrogens with one attached hydrogen (secondary N) is 2. The van der Waals surface area contributed by atoms with E-state index in [1.165, 1.54) is 0 Å². The molecule has 0 saturated carbocycles. The van der Waals surface area contributed by atoms with E-state index in [-0.39, 0.29) is 23.9 Å². The van der Waals surface area contributed by atoms with Crippen LogP contribution >= 0.6 is 0 Å². The van der Waals surface area contributed by atoms with Gasteiger partial charge < -0.3 is 15.2 Å². The maximum Gasteiger partial charge on any atom is 0.243 e. The molecule has 0 radical (unpaired) electrons. The lowest BCUT2D eigenvalue weighted by Crippen LogP contribution is -2.49. The van der Waals surface area contributed by atoms with E-state index in [1.54, 1.807) is 6.33 Å². The maximum atomic E-state index is 12.4. The maximum absolute atomic E-state index is 12.4. The number of rotatable bonds is 3. The number of para-hydroxylation sites is 2. The molecule has 2 N–H and O–H groups in total. The predicted octanol–water partition coefficient (Wildman–Crippen LogP) is 0.992. The molecule has 6 heteroatoms. The lowest BCUT2D eigenvalue weighted by Gasteiger charge is -2.25. The number of fused-ring (bicyclic) bond motifs is 1. The Kier molecular flexibility index (Phi) is 3.60. The molecule has 1 aromatic heterocycles. The Hall–Kier alpha value is -2.37. The van der Waals surface area contributed by atoms with Crippen molar-refractivity contribution in [3.8, 4) is 0 Å². The number of carbonyl (C=O) groups is 2. The van der Waals surface area contributed by atoms with Crippen LogP contribution in [0.4, 0.5) is 0 Å². The van der Waals surface area contributed by atoms with Crippen molar-refractivity contribution >= 4 is 22.8 Å². The van der Waals surface area contributed by atoms with E-state index in [4.69, 9.17) is 0 Å². The molecule has 3 rings (SSSR count). The Bertz CT molecular complexity index is 669. The van der Waals surface area contributed by atoms with Gasteiger partial charge in [-0.05, 0) is 25.5 Å². The van der Waals surface area contributed by atoms with Crippen molar-refractivity contribution in [2.45, 2.75) is 31.8 Å². The summed E-state index contributed by atoms with van der Waals surface area (Å²) in [6.45, 7) is 2.35. The molecule has 2 heterocycles. The third kappa shape index (κ3) is 2.74. The van der Waals surface area contributed by atoms with Crippen LogP contribution in [0, 0.1) is 0 Å². The summed E-state index contributed by atoms with van der Waals surface area (Å²) in [6, 6.07) is 7.40. The Morgan fingerprint density at radius 1 is 1.48 bits per heavy atom. The molecule has 1 aliphatic rings. The number of carbonyl (C=O) groups excluding carboxylic acids is 2. The van der Waals surface area contributed by atoms with Crippen LogP contribution < -0.4 is 10.6 Å². The average Bonchev–Trinajstić information content (AvgIpc) is 2.92. The molecule has 1 fully saturated rings. The van der Waals surface area contributed by atoms with Gasteiger partial charge in [-0.2, -0.15) is 0 Å². The molecule has 1 aromatic carbocycles.